The second-order valence-electron chi connectivity index (χ2n) is 5.29. The summed E-state index contributed by atoms with van der Waals surface area (Å²) in [6, 6.07) is -0.306. The van der Waals surface area contributed by atoms with Gasteiger partial charge in [-0.25, -0.2) is 9.59 Å². The van der Waals surface area contributed by atoms with Crippen LogP contribution in [0.15, 0.2) is 11.6 Å². The number of hydrogen-bond acceptors (Lipinski definition) is 4. The Bertz CT molecular complexity index is 354. The van der Waals surface area contributed by atoms with Gasteiger partial charge in [-0.3, -0.25) is 0 Å². The van der Waals surface area contributed by atoms with E-state index in [1.807, 2.05) is 6.92 Å². The number of carbonyl (C=O) groups is 2. The summed E-state index contributed by atoms with van der Waals surface area (Å²) in [6.45, 7) is 7.54. The minimum absolute atomic E-state index is 0.158. The molecule has 0 spiro atoms. The Morgan fingerprint density at radius 1 is 1.56 bits per heavy atom. The highest BCUT2D eigenvalue weighted by Gasteiger charge is 2.24. The SMILES string of the molecule is CCCC1=C[C@H](NC(=O)OC(C)(C)C)COC1=O. The molecule has 1 N–H and O–H groups in total. The van der Waals surface area contributed by atoms with Crippen LogP contribution < -0.4 is 5.32 Å². The summed E-state index contributed by atoms with van der Waals surface area (Å²) in [4.78, 5) is 23.0. The highest BCUT2D eigenvalue weighted by molar-refractivity contribution is 5.89. The fourth-order valence-corrected chi connectivity index (χ4v) is 1.61. The van der Waals surface area contributed by atoms with Crippen molar-refractivity contribution in [1.82, 2.24) is 5.32 Å². The van der Waals surface area contributed by atoms with E-state index in [4.69, 9.17) is 9.47 Å². The number of ether oxygens (including phenoxy) is 2. The number of amides is 1. The van der Waals surface area contributed by atoms with Gasteiger partial charge in [-0.15, -0.1) is 0 Å². The average molecular weight is 255 g/mol. The van der Waals surface area contributed by atoms with E-state index < -0.39 is 11.7 Å². The lowest BCUT2D eigenvalue weighted by Crippen LogP contribution is -2.43. The van der Waals surface area contributed by atoms with Crippen LogP contribution in [0.3, 0.4) is 0 Å². The van der Waals surface area contributed by atoms with Gasteiger partial charge in [0.15, 0.2) is 0 Å². The molecule has 0 radical (unpaired) electrons. The lowest BCUT2D eigenvalue weighted by Gasteiger charge is -2.24. The maximum absolute atomic E-state index is 11.6. The maximum Gasteiger partial charge on any atom is 0.408 e. The molecule has 102 valence electrons. The van der Waals surface area contributed by atoms with Crippen LogP contribution in [0, 0.1) is 0 Å². The summed E-state index contributed by atoms with van der Waals surface area (Å²) in [5, 5.41) is 2.67. The molecule has 1 aliphatic rings. The summed E-state index contributed by atoms with van der Waals surface area (Å²) >= 11 is 0. The lowest BCUT2D eigenvalue weighted by molar-refractivity contribution is -0.140. The van der Waals surface area contributed by atoms with Crippen molar-refractivity contribution < 1.29 is 19.1 Å². The van der Waals surface area contributed by atoms with E-state index in [0.29, 0.717) is 12.0 Å². The van der Waals surface area contributed by atoms with Gasteiger partial charge in [0.25, 0.3) is 0 Å². The molecule has 5 heteroatoms. The second-order valence-corrected chi connectivity index (χ2v) is 5.29. The third-order valence-corrected chi connectivity index (χ3v) is 2.28. The molecule has 1 rings (SSSR count). The van der Waals surface area contributed by atoms with E-state index in [0.717, 1.165) is 6.42 Å². The normalized spacial score (nSPS) is 19.9. The van der Waals surface area contributed by atoms with E-state index in [9.17, 15) is 9.59 Å². The molecule has 0 fully saturated rings. The molecule has 1 atom stereocenters. The van der Waals surface area contributed by atoms with Crippen molar-refractivity contribution in [2.45, 2.75) is 52.2 Å². The smallest absolute Gasteiger partial charge is 0.408 e. The third kappa shape index (κ3) is 4.77. The number of carbonyl (C=O) groups excluding carboxylic acids is 2. The Morgan fingerprint density at radius 3 is 2.78 bits per heavy atom. The zero-order valence-electron chi connectivity index (χ0n) is 11.4. The molecule has 0 saturated heterocycles. The molecule has 18 heavy (non-hydrogen) atoms. The molecule has 0 saturated carbocycles. The molecular formula is C13H21NO4. The first kappa shape index (κ1) is 14.5. The molecule has 0 aromatic heterocycles. The van der Waals surface area contributed by atoms with Crippen LogP contribution in [0.4, 0.5) is 4.79 Å². The Hall–Kier alpha value is -1.52. The predicted octanol–water partition coefficient (Wildman–Crippen LogP) is 2.16. The molecule has 1 amide bonds. The Balaban J connectivity index is 2.57. The first-order valence-corrected chi connectivity index (χ1v) is 6.19. The van der Waals surface area contributed by atoms with E-state index in [2.05, 4.69) is 5.32 Å². The van der Waals surface area contributed by atoms with E-state index in [-0.39, 0.29) is 18.6 Å². The van der Waals surface area contributed by atoms with Gasteiger partial charge < -0.3 is 14.8 Å². The monoisotopic (exact) mass is 255 g/mol. The average Bonchev–Trinajstić information content (AvgIpc) is 2.20. The maximum atomic E-state index is 11.6. The Morgan fingerprint density at radius 2 is 2.22 bits per heavy atom. The number of cyclic esters (lactones) is 1. The van der Waals surface area contributed by atoms with Crippen LogP contribution in [-0.2, 0) is 14.3 Å². The predicted molar refractivity (Wildman–Crippen MR) is 67.1 cm³/mol. The van der Waals surface area contributed by atoms with Gasteiger partial charge in [-0.05, 0) is 33.3 Å². The van der Waals surface area contributed by atoms with Crippen LogP contribution >= 0.6 is 0 Å². The highest BCUT2D eigenvalue weighted by atomic mass is 16.6. The number of esters is 1. The second kappa shape index (κ2) is 5.89. The first-order valence-electron chi connectivity index (χ1n) is 6.19. The zero-order valence-corrected chi connectivity index (χ0v) is 11.4. The topological polar surface area (TPSA) is 64.6 Å². The number of hydrogen-bond donors (Lipinski definition) is 1. The number of alkyl carbamates (subject to hydrolysis) is 1. The quantitative estimate of drug-likeness (QED) is 0.785. The van der Waals surface area contributed by atoms with Gasteiger partial charge in [0.05, 0.1) is 6.04 Å². The fraction of sp³-hybridized carbons (Fsp3) is 0.692. The molecule has 0 aromatic carbocycles. The first-order chi connectivity index (χ1) is 8.31. The van der Waals surface area contributed by atoms with Crippen molar-refractivity contribution in [3.8, 4) is 0 Å². The standard InChI is InChI=1S/C13H21NO4/c1-5-6-9-7-10(8-17-11(9)15)14-12(16)18-13(2,3)4/h7,10H,5-6,8H2,1-4H3,(H,14,16)/t10-/m0/s1. The van der Waals surface area contributed by atoms with Gasteiger partial charge >= 0.3 is 12.1 Å². The number of nitrogens with one attached hydrogen (secondary N) is 1. The van der Waals surface area contributed by atoms with Gasteiger partial charge in [0, 0.05) is 5.57 Å². The van der Waals surface area contributed by atoms with Crippen molar-refractivity contribution in [1.29, 1.82) is 0 Å². The van der Waals surface area contributed by atoms with Crippen molar-refractivity contribution >= 4 is 12.1 Å². The molecule has 0 bridgehead atoms. The molecule has 0 aromatic rings. The zero-order chi connectivity index (χ0) is 13.8. The van der Waals surface area contributed by atoms with Crippen molar-refractivity contribution in [2.75, 3.05) is 6.61 Å². The summed E-state index contributed by atoms with van der Waals surface area (Å²) in [6.07, 6.45) is 2.77. The van der Waals surface area contributed by atoms with Crippen molar-refractivity contribution in [2.24, 2.45) is 0 Å². The molecule has 0 aliphatic carbocycles. The lowest BCUT2D eigenvalue weighted by atomic mass is 10.1. The largest absolute Gasteiger partial charge is 0.460 e. The van der Waals surface area contributed by atoms with Gasteiger partial charge in [-0.2, -0.15) is 0 Å². The molecule has 1 heterocycles. The molecule has 5 nitrogen and oxygen atoms in total. The molecular weight excluding hydrogens is 234 g/mol. The Labute approximate surface area is 108 Å². The third-order valence-electron chi connectivity index (χ3n) is 2.28. The summed E-state index contributed by atoms with van der Waals surface area (Å²) in [5.74, 6) is -0.293. The van der Waals surface area contributed by atoms with Crippen molar-refractivity contribution in [3.63, 3.8) is 0 Å². The Kier molecular flexibility index (Phi) is 4.76. The van der Waals surface area contributed by atoms with Crippen LogP contribution in [-0.4, -0.2) is 30.3 Å². The van der Waals surface area contributed by atoms with Crippen LogP contribution in [0.5, 0.6) is 0 Å². The molecule has 0 unspecified atom stereocenters. The summed E-state index contributed by atoms with van der Waals surface area (Å²) in [5.41, 5.74) is 0.0792. The van der Waals surface area contributed by atoms with Gasteiger partial charge in [0.1, 0.15) is 12.2 Å². The van der Waals surface area contributed by atoms with E-state index >= 15 is 0 Å². The minimum Gasteiger partial charge on any atom is -0.460 e. The molecule has 1 aliphatic heterocycles. The fourth-order valence-electron chi connectivity index (χ4n) is 1.61. The van der Waals surface area contributed by atoms with Crippen molar-refractivity contribution in [3.05, 3.63) is 11.6 Å². The summed E-state index contributed by atoms with van der Waals surface area (Å²) < 4.78 is 10.2. The van der Waals surface area contributed by atoms with Crippen LogP contribution in [0.1, 0.15) is 40.5 Å². The van der Waals surface area contributed by atoms with Gasteiger partial charge in [-0.1, -0.05) is 13.3 Å². The summed E-state index contributed by atoms with van der Waals surface area (Å²) in [7, 11) is 0. The van der Waals surface area contributed by atoms with Crippen LogP contribution in [0.25, 0.3) is 0 Å². The van der Waals surface area contributed by atoms with Crippen LogP contribution in [0.2, 0.25) is 0 Å². The minimum atomic E-state index is -0.536. The van der Waals surface area contributed by atoms with E-state index in [1.165, 1.54) is 0 Å². The van der Waals surface area contributed by atoms with Gasteiger partial charge in [0.2, 0.25) is 0 Å². The number of rotatable bonds is 3. The highest BCUT2D eigenvalue weighted by Crippen LogP contribution is 2.14. The van der Waals surface area contributed by atoms with E-state index in [1.54, 1.807) is 26.8 Å².